The molecule has 1 aromatic rings. The van der Waals surface area contributed by atoms with Gasteiger partial charge in [0.25, 0.3) is 0 Å². The highest BCUT2D eigenvalue weighted by Crippen LogP contribution is 2.31. The van der Waals surface area contributed by atoms with Crippen molar-refractivity contribution in [2.75, 3.05) is 32.8 Å². The fourth-order valence-corrected chi connectivity index (χ4v) is 2.45. The molecule has 0 aromatic heterocycles. The number of benzene rings is 1. The number of nitrogens with zero attached hydrogens (tertiary/aromatic N) is 1. The van der Waals surface area contributed by atoms with Gasteiger partial charge in [-0.1, -0.05) is 13.0 Å². The van der Waals surface area contributed by atoms with E-state index in [1.54, 1.807) is 0 Å². The second kappa shape index (κ2) is 5.16. The van der Waals surface area contributed by atoms with E-state index >= 15 is 0 Å². The predicted octanol–water partition coefficient (Wildman–Crippen LogP) is 1.25. The Hall–Kier alpha value is -1.26. The second-order valence-corrected chi connectivity index (χ2v) is 4.85. The van der Waals surface area contributed by atoms with Crippen molar-refractivity contribution < 1.29 is 9.47 Å². The van der Waals surface area contributed by atoms with E-state index in [2.05, 4.69) is 29.3 Å². The molecular weight excluding hydrogens is 228 g/mol. The van der Waals surface area contributed by atoms with Crippen LogP contribution in [0.15, 0.2) is 18.2 Å². The highest BCUT2D eigenvalue weighted by molar-refractivity contribution is 5.43. The van der Waals surface area contributed by atoms with E-state index in [9.17, 15) is 0 Å². The van der Waals surface area contributed by atoms with E-state index in [1.807, 2.05) is 6.07 Å². The summed E-state index contributed by atoms with van der Waals surface area (Å²) in [5.74, 6) is 1.76. The summed E-state index contributed by atoms with van der Waals surface area (Å²) in [4.78, 5) is 2.50. The first-order chi connectivity index (χ1) is 8.86. The standard InChI is InChI=1S/C14H20N2O2/c1-2-16(12-8-15-9-12)10-11-3-4-13-14(7-11)18-6-5-17-13/h3-4,7,12,15H,2,5-6,8-10H2,1H3. The summed E-state index contributed by atoms with van der Waals surface area (Å²) in [7, 11) is 0. The summed E-state index contributed by atoms with van der Waals surface area (Å²) in [5.41, 5.74) is 1.30. The smallest absolute Gasteiger partial charge is 0.161 e. The van der Waals surface area contributed by atoms with Gasteiger partial charge in [0.05, 0.1) is 0 Å². The van der Waals surface area contributed by atoms with Crippen molar-refractivity contribution in [1.29, 1.82) is 0 Å². The van der Waals surface area contributed by atoms with Crippen molar-refractivity contribution in [1.82, 2.24) is 10.2 Å². The average Bonchev–Trinajstić information content (AvgIpc) is 2.35. The summed E-state index contributed by atoms with van der Waals surface area (Å²) in [6.45, 7) is 7.81. The molecule has 1 N–H and O–H groups in total. The summed E-state index contributed by atoms with van der Waals surface area (Å²) in [6.07, 6.45) is 0. The second-order valence-electron chi connectivity index (χ2n) is 4.85. The number of likely N-dealkylation sites (N-methyl/N-ethyl adjacent to an activating group) is 1. The SMILES string of the molecule is CCN(Cc1ccc2c(c1)OCCO2)C1CNC1. The van der Waals surface area contributed by atoms with Gasteiger partial charge in [-0.25, -0.2) is 0 Å². The van der Waals surface area contributed by atoms with Crippen LogP contribution in [0.3, 0.4) is 0 Å². The fourth-order valence-electron chi connectivity index (χ4n) is 2.45. The van der Waals surface area contributed by atoms with Crippen LogP contribution in [0.4, 0.5) is 0 Å². The maximum Gasteiger partial charge on any atom is 0.161 e. The molecule has 3 rings (SSSR count). The number of hydrogen-bond donors (Lipinski definition) is 1. The lowest BCUT2D eigenvalue weighted by Gasteiger charge is -2.37. The number of rotatable bonds is 4. The van der Waals surface area contributed by atoms with Crippen LogP contribution in [-0.2, 0) is 6.54 Å². The Balaban J connectivity index is 1.71. The third kappa shape index (κ3) is 2.31. The molecule has 98 valence electrons. The van der Waals surface area contributed by atoms with Crippen LogP contribution in [0, 0.1) is 0 Å². The van der Waals surface area contributed by atoms with Crippen LogP contribution < -0.4 is 14.8 Å². The lowest BCUT2D eigenvalue weighted by atomic mass is 10.1. The first kappa shape index (κ1) is 11.8. The zero-order chi connectivity index (χ0) is 12.4. The molecule has 18 heavy (non-hydrogen) atoms. The van der Waals surface area contributed by atoms with Crippen LogP contribution in [-0.4, -0.2) is 43.8 Å². The van der Waals surface area contributed by atoms with E-state index < -0.39 is 0 Å². The number of hydrogen-bond acceptors (Lipinski definition) is 4. The highest BCUT2D eigenvalue weighted by Gasteiger charge is 2.23. The quantitative estimate of drug-likeness (QED) is 0.869. The van der Waals surface area contributed by atoms with E-state index in [1.165, 1.54) is 5.56 Å². The maximum absolute atomic E-state index is 5.62. The Bertz CT molecular complexity index is 418. The van der Waals surface area contributed by atoms with Gasteiger partial charge in [-0.15, -0.1) is 0 Å². The van der Waals surface area contributed by atoms with Gasteiger partial charge in [-0.2, -0.15) is 0 Å². The van der Waals surface area contributed by atoms with Crippen LogP contribution in [0.2, 0.25) is 0 Å². The molecule has 2 aliphatic rings. The Labute approximate surface area is 108 Å². The molecule has 0 bridgehead atoms. The van der Waals surface area contributed by atoms with E-state index in [-0.39, 0.29) is 0 Å². The van der Waals surface area contributed by atoms with Crippen LogP contribution in [0.1, 0.15) is 12.5 Å². The van der Waals surface area contributed by atoms with Crippen molar-refractivity contribution in [2.45, 2.75) is 19.5 Å². The first-order valence-corrected chi connectivity index (χ1v) is 6.70. The van der Waals surface area contributed by atoms with Gasteiger partial charge in [-0.05, 0) is 24.2 Å². The summed E-state index contributed by atoms with van der Waals surface area (Å²) in [6, 6.07) is 6.96. The Kier molecular flexibility index (Phi) is 3.39. The Morgan fingerprint density at radius 2 is 2.00 bits per heavy atom. The van der Waals surface area contributed by atoms with Gasteiger partial charge in [0.15, 0.2) is 11.5 Å². The van der Waals surface area contributed by atoms with Crippen molar-refractivity contribution in [3.8, 4) is 11.5 Å². The molecule has 0 amide bonds. The molecular formula is C14H20N2O2. The molecule has 1 aromatic carbocycles. The molecule has 0 saturated carbocycles. The molecule has 1 saturated heterocycles. The summed E-state index contributed by atoms with van der Waals surface area (Å²) in [5, 5.41) is 3.33. The van der Waals surface area contributed by atoms with Crippen LogP contribution >= 0.6 is 0 Å². The Morgan fingerprint density at radius 1 is 1.22 bits per heavy atom. The molecule has 0 spiro atoms. The topological polar surface area (TPSA) is 33.7 Å². The van der Waals surface area contributed by atoms with E-state index in [0.717, 1.165) is 37.7 Å². The molecule has 2 aliphatic heterocycles. The van der Waals surface area contributed by atoms with Crippen molar-refractivity contribution in [3.05, 3.63) is 23.8 Å². The van der Waals surface area contributed by atoms with Gasteiger partial charge < -0.3 is 14.8 Å². The van der Waals surface area contributed by atoms with Crippen LogP contribution in [0.5, 0.6) is 11.5 Å². The monoisotopic (exact) mass is 248 g/mol. The highest BCUT2D eigenvalue weighted by atomic mass is 16.6. The lowest BCUT2D eigenvalue weighted by Crippen LogP contribution is -2.56. The normalized spacial score (nSPS) is 18.8. The molecule has 0 unspecified atom stereocenters. The fraction of sp³-hybridized carbons (Fsp3) is 0.571. The number of nitrogens with one attached hydrogen (secondary N) is 1. The molecule has 0 atom stereocenters. The van der Waals surface area contributed by atoms with Crippen molar-refractivity contribution >= 4 is 0 Å². The van der Waals surface area contributed by atoms with Gasteiger partial charge in [0, 0.05) is 25.7 Å². The van der Waals surface area contributed by atoms with Crippen LogP contribution in [0.25, 0.3) is 0 Å². The lowest BCUT2D eigenvalue weighted by molar-refractivity contribution is 0.144. The minimum Gasteiger partial charge on any atom is -0.486 e. The molecule has 2 heterocycles. The largest absolute Gasteiger partial charge is 0.486 e. The maximum atomic E-state index is 5.62. The van der Waals surface area contributed by atoms with Gasteiger partial charge in [0.1, 0.15) is 13.2 Å². The van der Waals surface area contributed by atoms with E-state index in [0.29, 0.717) is 19.3 Å². The molecule has 1 fully saturated rings. The summed E-state index contributed by atoms with van der Waals surface area (Å²) >= 11 is 0. The molecule has 0 aliphatic carbocycles. The molecule has 4 heteroatoms. The minimum atomic E-state index is 0.653. The zero-order valence-corrected chi connectivity index (χ0v) is 10.8. The predicted molar refractivity (Wildman–Crippen MR) is 70.2 cm³/mol. The Morgan fingerprint density at radius 3 is 2.67 bits per heavy atom. The first-order valence-electron chi connectivity index (χ1n) is 6.70. The average molecular weight is 248 g/mol. The number of ether oxygens (including phenoxy) is 2. The van der Waals surface area contributed by atoms with Gasteiger partial charge in [-0.3, -0.25) is 4.90 Å². The zero-order valence-electron chi connectivity index (χ0n) is 10.8. The van der Waals surface area contributed by atoms with Crippen molar-refractivity contribution in [3.63, 3.8) is 0 Å². The minimum absolute atomic E-state index is 0.653. The third-order valence-electron chi connectivity index (χ3n) is 3.67. The van der Waals surface area contributed by atoms with Gasteiger partial charge >= 0.3 is 0 Å². The summed E-state index contributed by atoms with van der Waals surface area (Å²) < 4.78 is 11.2. The van der Waals surface area contributed by atoms with Gasteiger partial charge in [0.2, 0.25) is 0 Å². The third-order valence-corrected chi connectivity index (χ3v) is 3.67. The van der Waals surface area contributed by atoms with Crippen molar-refractivity contribution in [2.24, 2.45) is 0 Å². The molecule has 0 radical (unpaired) electrons. The number of fused-ring (bicyclic) bond motifs is 1. The van der Waals surface area contributed by atoms with E-state index in [4.69, 9.17) is 9.47 Å². The molecule has 4 nitrogen and oxygen atoms in total.